The molecule has 0 aromatic rings. The Labute approximate surface area is 143 Å². The summed E-state index contributed by atoms with van der Waals surface area (Å²) in [5.41, 5.74) is 11.0. The molecule has 1 rings (SSSR count). The summed E-state index contributed by atoms with van der Waals surface area (Å²) in [5.74, 6) is -1.81. The minimum Gasteiger partial charge on any atom is -0.469 e. The summed E-state index contributed by atoms with van der Waals surface area (Å²) in [6, 6.07) is -0.776. The van der Waals surface area contributed by atoms with Crippen LogP contribution in [0.2, 0.25) is 0 Å². The first-order valence-electron chi connectivity index (χ1n) is 8.38. The molecule has 0 bridgehead atoms. The maximum atomic E-state index is 12.0. The Morgan fingerprint density at radius 2 is 1.92 bits per heavy atom. The molecule has 1 saturated carbocycles. The number of amides is 1. The van der Waals surface area contributed by atoms with E-state index in [0.29, 0.717) is 0 Å². The number of ether oxygens (including phenoxy) is 1. The van der Waals surface area contributed by atoms with Crippen LogP contribution in [0.15, 0.2) is 4.99 Å². The van der Waals surface area contributed by atoms with Gasteiger partial charge in [0.15, 0.2) is 5.96 Å². The fourth-order valence-electron chi connectivity index (χ4n) is 3.78. The van der Waals surface area contributed by atoms with Crippen molar-refractivity contribution in [3.8, 4) is 0 Å². The molecule has 138 valence electrons. The van der Waals surface area contributed by atoms with Gasteiger partial charge in [0, 0.05) is 18.9 Å². The van der Waals surface area contributed by atoms with E-state index in [1.165, 1.54) is 14.0 Å². The highest BCUT2D eigenvalue weighted by Crippen LogP contribution is 2.39. The monoisotopic (exact) mass is 342 g/mol. The van der Waals surface area contributed by atoms with Crippen molar-refractivity contribution in [3.05, 3.63) is 0 Å². The molecule has 0 aromatic carbocycles. The van der Waals surface area contributed by atoms with Gasteiger partial charge >= 0.3 is 5.97 Å². The van der Waals surface area contributed by atoms with Crippen LogP contribution in [-0.4, -0.2) is 48.2 Å². The van der Waals surface area contributed by atoms with E-state index in [1.807, 2.05) is 13.8 Å². The predicted octanol–water partition coefficient (Wildman–Crippen LogP) is -0.261. The minimum absolute atomic E-state index is 0.103. The Morgan fingerprint density at radius 3 is 2.33 bits per heavy atom. The van der Waals surface area contributed by atoms with Crippen LogP contribution >= 0.6 is 0 Å². The van der Waals surface area contributed by atoms with E-state index < -0.39 is 30.0 Å². The molecule has 1 amide bonds. The second-order valence-electron chi connectivity index (χ2n) is 6.36. The van der Waals surface area contributed by atoms with E-state index in [1.54, 1.807) is 0 Å². The topological polar surface area (TPSA) is 140 Å². The summed E-state index contributed by atoms with van der Waals surface area (Å²) in [7, 11) is 1.28. The summed E-state index contributed by atoms with van der Waals surface area (Å²) in [5, 5.41) is 13.7. The van der Waals surface area contributed by atoms with Gasteiger partial charge in [-0.05, 0) is 12.3 Å². The van der Waals surface area contributed by atoms with E-state index >= 15 is 0 Å². The number of nitrogens with zero attached hydrogens (tertiary/aromatic N) is 1. The van der Waals surface area contributed by atoms with Crippen LogP contribution in [0, 0.1) is 17.8 Å². The number of hydrogen-bond acceptors (Lipinski definition) is 5. The zero-order valence-corrected chi connectivity index (χ0v) is 14.9. The second-order valence-corrected chi connectivity index (χ2v) is 6.36. The average Bonchev–Trinajstić information content (AvgIpc) is 2.82. The molecule has 0 radical (unpaired) electrons. The predicted molar refractivity (Wildman–Crippen MR) is 90.9 cm³/mol. The van der Waals surface area contributed by atoms with Crippen molar-refractivity contribution < 1.29 is 19.4 Å². The molecular weight excluding hydrogens is 312 g/mol. The highest BCUT2D eigenvalue weighted by molar-refractivity contribution is 5.77. The Hall–Kier alpha value is -1.83. The largest absolute Gasteiger partial charge is 0.469 e. The van der Waals surface area contributed by atoms with Gasteiger partial charge in [-0.25, -0.2) is 4.99 Å². The number of hydrogen-bond donors (Lipinski definition) is 4. The first-order valence-corrected chi connectivity index (χ1v) is 8.38. The fraction of sp³-hybridized carbons (Fsp3) is 0.812. The van der Waals surface area contributed by atoms with Crippen LogP contribution in [0.25, 0.3) is 0 Å². The van der Waals surface area contributed by atoms with Gasteiger partial charge in [0.25, 0.3) is 0 Å². The van der Waals surface area contributed by atoms with Crippen molar-refractivity contribution in [1.29, 1.82) is 0 Å². The molecule has 0 aliphatic heterocycles. The molecule has 8 heteroatoms. The van der Waals surface area contributed by atoms with E-state index in [-0.39, 0.29) is 30.2 Å². The Balaban J connectivity index is 3.24. The SMILES string of the molecule is CCC(CC)C(NC(C)=O)C1C(N=C(N)N)CC(C(=O)OC)C1O. The highest BCUT2D eigenvalue weighted by Gasteiger charge is 2.51. The number of aliphatic imine (C=N–C) groups is 1. The number of carbonyl (C=O) groups is 2. The summed E-state index contributed by atoms with van der Waals surface area (Å²) < 4.78 is 4.78. The van der Waals surface area contributed by atoms with Crippen LogP contribution < -0.4 is 16.8 Å². The zero-order chi connectivity index (χ0) is 18.4. The van der Waals surface area contributed by atoms with E-state index in [9.17, 15) is 14.7 Å². The molecule has 1 aliphatic rings. The van der Waals surface area contributed by atoms with Crippen LogP contribution in [0.5, 0.6) is 0 Å². The van der Waals surface area contributed by atoms with Crippen LogP contribution in [0.3, 0.4) is 0 Å². The van der Waals surface area contributed by atoms with Gasteiger partial charge in [-0.15, -0.1) is 0 Å². The van der Waals surface area contributed by atoms with Crippen LogP contribution in [-0.2, 0) is 14.3 Å². The third-order valence-corrected chi connectivity index (χ3v) is 4.91. The molecule has 5 atom stereocenters. The van der Waals surface area contributed by atoms with Gasteiger partial charge in [0.2, 0.25) is 5.91 Å². The molecule has 0 aromatic heterocycles. The van der Waals surface area contributed by atoms with E-state index in [4.69, 9.17) is 16.2 Å². The van der Waals surface area contributed by atoms with Gasteiger partial charge in [0.1, 0.15) is 0 Å². The quantitative estimate of drug-likeness (QED) is 0.285. The Morgan fingerprint density at radius 1 is 1.33 bits per heavy atom. The normalized spacial score (nSPS) is 27.6. The van der Waals surface area contributed by atoms with Crippen molar-refractivity contribution in [2.45, 2.75) is 58.2 Å². The summed E-state index contributed by atoms with van der Waals surface area (Å²) in [6.45, 7) is 5.49. The number of nitrogens with two attached hydrogens (primary N) is 2. The molecule has 8 nitrogen and oxygen atoms in total. The lowest BCUT2D eigenvalue weighted by atomic mass is 9.80. The van der Waals surface area contributed by atoms with E-state index in [0.717, 1.165) is 12.8 Å². The van der Waals surface area contributed by atoms with Crippen molar-refractivity contribution in [2.75, 3.05) is 7.11 Å². The number of rotatable bonds is 7. The summed E-state index contributed by atoms with van der Waals surface area (Å²) in [4.78, 5) is 27.9. The number of esters is 1. The first-order chi connectivity index (χ1) is 11.3. The Bertz CT molecular complexity index is 475. The van der Waals surface area contributed by atoms with Crippen molar-refractivity contribution in [2.24, 2.45) is 34.2 Å². The zero-order valence-electron chi connectivity index (χ0n) is 14.9. The average molecular weight is 342 g/mol. The van der Waals surface area contributed by atoms with Crippen LogP contribution in [0.4, 0.5) is 0 Å². The molecule has 5 unspecified atom stereocenters. The Kier molecular flexibility index (Phi) is 7.47. The molecule has 1 aliphatic carbocycles. The van der Waals surface area contributed by atoms with Gasteiger partial charge in [-0.3, -0.25) is 9.59 Å². The highest BCUT2D eigenvalue weighted by atomic mass is 16.5. The number of methoxy groups -OCH3 is 1. The third-order valence-electron chi connectivity index (χ3n) is 4.91. The third kappa shape index (κ3) is 4.59. The fourth-order valence-corrected chi connectivity index (χ4v) is 3.78. The van der Waals surface area contributed by atoms with Gasteiger partial charge in [-0.1, -0.05) is 26.7 Å². The number of carbonyl (C=O) groups excluding carboxylic acids is 2. The smallest absolute Gasteiger partial charge is 0.311 e. The maximum Gasteiger partial charge on any atom is 0.311 e. The summed E-state index contributed by atoms with van der Waals surface area (Å²) in [6.07, 6.45) is 0.944. The van der Waals surface area contributed by atoms with Gasteiger partial charge in [0.05, 0.1) is 25.2 Å². The standard InChI is InChI=1S/C16H30N4O4/c1-5-9(6-2)13(19-8(3)21)12-11(20-16(17)18)7-10(14(12)22)15(23)24-4/h9-14,22H,5-7H2,1-4H3,(H,19,21)(H4,17,18,20). The van der Waals surface area contributed by atoms with E-state index in [2.05, 4.69) is 10.3 Å². The number of aliphatic hydroxyl groups excluding tert-OH is 1. The van der Waals surface area contributed by atoms with Gasteiger partial charge in [-0.2, -0.15) is 0 Å². The number of nitrogens with one attached hydrogen (secondary N) is 1. The van der Waals surface area contributed by atoms with Gasteiger partial charge < -0.3 is 26.6 Å². The second kappa shape index (κ2) is 8.86. The van der Waals surface area contributed by atoms with Crippen molar-refractivity contribution in [3.63, 3.8) is 0 Å². The molecule has 24 heavy (non-hydrogen) atoms. The molecule has 1 fully saturated rings. The number of guanidine groups is 1. The lowest BCUT2D eigenvalue weighted by Crippen LogP contribution is -2.51. The molecule has 0 heterocycles. The number of aliphatic hydroxyl groups is 1. The van der Waals surface area contributed by atoms with Crippen molar-refractivity contribution >= 4 is 17.8 Å². The lowest BCUT2D eigenvalue weighted by molar-refractivity contribution is -0.149. The minimum atomic E-state index is -0.983. The lowest BCUT2D eigenvalue weighted by Gasteiger charge is -2.35. The molecule has 6 N–H and O–H groups in total. The van der Waals surface area contributed by atoms with Crippen molar-refractivity contribution in [1.82, 2.24) is 5.32 Å². The maximum absolute atomic E-state index is 12.0. The molecule has 0 saturated heterocycles. The first kappa shape index (κ1) is 20.2. The molecule has 0 spiro atoms. The molecular formula is C16H30N4O4. The van der Waals surface area contributed by atoms with Crippen LogP contribution in [0.1, 0.15) is 40.0 Å². The summed E-state index contributed by atoms with van der Waals surface area (Å²) >= 11 is 0.